The largest absolute Gasteiger partial charge is 0.387 e. The second-order valence-corrected chi connectivity index (χ2v) is 4.76. The number of hydrogen-bond acceptors (Lipinski definition) is 2. The third-order valence-corrected chi connectivity index (χ3v) is 3.35. The lowest BCUT2D eigenvalue weighted by Crippen LogP contribution is -2.16. The van der Waals surface area contributed by atoms with Crippen molar-refractivity contribution in [3.05, 3.63) is 29.1 Å². The first-order valence-corrected chi connectivity index (χ1v) is 5.78. The van der Waals surface area contributed by atoms with Gasteiger partial charge in [-0.25, -0.2) is 0 Å². The van der Waals surface area contributed by atoms with E-state index in [0.29, 0.717) is 0 Å². The van der Waals surface area contributed by atoms with Gasteiger partial charge in [-0.1, -0.05) is 25.3 Å². The predicted octanol–water partition coefficient (Wildman–Crippen LogP) is 2.92. The molecule has 1 fully saturated rings. The van der Waals surface area contributed by atoms with Crippen molar-refractivity contribution in [1.29, 1.82) is 0 Å². The summed E-state index contributed by atoms with van der Waals surface area (Å²) >= 11 is 0. The normalized spacial score (nSPS) is 18.6. The minimum Gasteiger partial charge on any atom is -0.387 e. The van der Waals surface area contributed by atoms with Crippen molar-refractivity contribution >= 4 is 0 Å². The SMILES string of the molecule is Cc1cnc(C(O)CC2CCC2)c(C)c1. The van der Waals surface area contributed by atoms with Crippen molar-refractivity contribution in [2.45, 2.75) is 45.6 Å². The Labute approximate surface area is 91.4 Å². The lowest BCUT2D eigenvalue weighted by molar-refractivity contribution is 0.114. The summed E-state index contributed by atoms with van der Waals surface area (Å²) in [6.45, 7) is 4.06. The van der Waals surface area contributed by atoms with Gasteiger partial charge in [-0.2, -0.15) is 0 Å². The van der Waals surface area contributed by atoms with E-state index in [-0.39, 0.29) is 6.10 Å². The van der Waals surface area contributed by atoms with E-state index in [1.165, 1.54) is 19.3 Å². The third-order valence-electron chi connectivity index (χ3n) is 3.35. The summed E-state index contributed by atoms with van der Waals surface area (Å²) in [6.07, 6.45) is 6.25. The van der Waals surface area contributed by atoms with E-state index in [2.05, 4.69) is 11.1 Å². The van der Waals surface area contributed by atoms with Gasteiger partial charge in [0.05, 0.1) is 11.8 Å². The molecule has 0 spiro atoms. The third kappa shape index (κ3) is 2.37. The monoisotopic (exact) mass is 205 g/mol. The number of rotatable bonds is 3. The quantitative estimate of drug-likeness (QED) is 0.823. The fourth-order valence-corrected chi connectivity index (χ4v) is 2.23. The first-order chi connectivity index (χ1) is 7.16. The van der Waals surface area contributed by atoms with Crippen LogP contribution in [0.1, 0.15) is 48.6 Å². The van der Waals surface area contributed by atoms with E-state index in [1.807, 2.05) is 20.0 Å². The minimum atomic E-state index is -0.365. The highest BCUT2D eigenvalue weighted by molar-refractivity contribution is 5.24. The molecule has 0 saturated heterocycles. The Bertz CT molecular complexity index is 344. The molecule has 0 amide bonds. The van der Waals surface area contributed by atoms with E-state index < -0.39 is 0 Å². The smallest absolute Gasteiger partial charge is 0.0965 e. The molecular formula is C13H19NO. The molecule has 2 heteroatoms. The zero-order valence-electron chi connectivity index (χ0n) is 9.53. The van der Waals surface area contributed by atoms with Crippen molar-refractivity contribution in [2.75, 3.05) is 0 Å². The number of hydrogen-bond donors (Lipinski definition) is 1. The number of pyridine rings is 1. The molecule has 0 bridgehead atoms. The molecule has 1 N–H and O–H groups in total. The summed E-state index contributed by atoms with van der Waals surface area (Å²) in [5.74, 6) is 0.725. The first kappa shape index (κ1) is 10.6. The average molecular weight is 205 g/mol. The first-order valence-electron chi connectivity index (χ1n) is 5.78. The van der Waals surface area contributed by atoms with Crippen molar-refractivity contribution in [3.63, 3.8) is 0 Å². The van der Waals surface area contributed by atoms with E-state index in [4.69, 9.17) is 0 Å². The van der Waals surface area contributed by atoms with E-state index in [1.54, 1.807) is 0 Å². The highest BCUT2D eigenvalue weighted by Crippen LogP contribution is 2.34. The molecule has 1 atom stereocenters. The molecule has 1 unspecified atom stereocenters. The Morgan fingerprint density at radius 3 is 2.73 bits per heavy atom. The average Bonchev–Trinajstić information content (AvgIpc) is 2.11. The minimum absolute atomic E-state index is 0.365. The summed E-state index contributed by atoms with van der Waals surface area (Å²) in [4.78, 5) is 4.34. The van der Waals surface area contributed by atoms with Gasteiger partial charge in [0.2, 0.25) is 0 Å². The topological polar surface area (TPSA) is 33.1 Å². The van der Waals surface area contributed by atoms with Gasteiger partial charge >= 0.3 is 0 Å². The molecule has 1 aliphatic carbocycles. The van der Waals surface area contributed by atoms with Crippen LogP contribution in [0.15, 0.2) is 12.3 Å². The van der Waals surface area contributed by atoms with Crippen molar-refractivity contribution in [2.24, 2.45) is 5.92 Å². The fraction of sp³-hybridized carbons (Fsp3) is 0.615. The van der Waals surface area contributed by atoms with Crippen LogP contribution in [0.2, 0.25) is 0 Å². The number of aryl methyl sites for hydroxylation is 2. The fourth-order valence-electron chi connectivity index (χ4n) is 2.23. The Balaban J connectivity index is 2.06. The Hall–Kier alpha value is -0.890. The zero-order valence-corrected chi connectivity index (χ0v) is 9.53. The molecule has 15 heavy (non-hydrogen) atoms. The second-order valence-electron chi connectivity index (χ2n) is 4.76. The highest BCUT2D eigenvalue weighted by atomic mass is 16.3. The second kappa shape index (κ2) is 4.31. The molecule has 1 aromatic heterocycles. The lowest BCUT2D eigenvalue weighted by Gasteiger charge is -2.27. The van der Waals surface area contributed by atoms with Crippen LogP contribution in [0.25, 0.3) is 0 Å². The molecule has 2 rings (SSSR count). The van der Waals surface area contributed by atoms with Crippen LogP contribution in [0.3, 0.4) is 0 Å². The Morgan fingerprint density at radius 1 is 1.47 bits per heavy atom. The number of nitrogens with zero attached hydrogens (tertiary/aromatic N) is 1. The molecule has 1 aliphatic rings. The molecule has 1 saturated carbocycles. The predicted molar refractivity (Wildman–Crippen MR) is 60.6 cm³/mol. The molecule has 0 aromatic carbocycles. The van der Waals surface area contributed by atoms with Crippen LogP contribution >= 0.6 is 0 Å². The Kier molecular flexibility index (Phi) is 3.06. The van der Waals surface area contributed by atoms with E-state index in [0.717, 1.165) is 29.2 Å². The van der Waals surface area contributed by atoms with Crippen LogP contribution in [0, 0.1) is 19.8 Å². The van der Waals surface area contributed by atoms with Gasteiger partial charge in [0.15, 0.2) is 0 Å². The Morgan fingerprint density at radius 2 is 2.20 bits per heavy atom. The summed E-state index contributed by atoms with van der Waals surface area (Å²) < 4.78 is 0. The van der Waals surface area contributed by atoms with Gasteiger partial charge < -0.3 is 5.11 Å². The molecule has 0 aliphatic heterocycles. The maximum absolute atomic E-state index is 10.1. The summed E-state index contributed by atoms with van der Waals surface area (Å²) in [6, 6.07) is 2.09. The maximum atomic E-state index is 10.1. The number of aromatic nitrogens is 1. The van der Waals surface area contributed by atoms with Crippen LogP contribution in [0.5, 0.6) is 0 Å². The van der Waals surface area contributed by atoms with E-state index >= 15 is 0 Å². The van der Waals surface area contributed by atoms with E-state index in [9.17, 15) is 5.11 Å². The lowest BCUT2D eigenvalue weighted by atomic mass is 9.80. The molecule has 0 radical (unpaired) electrons. The van der Waals surface area contributed by atoms with Gasteiger partial charge in [0.1, 0.15) is 0 Å². The van der Waals surface area contributed by atoms with Crippen LogP contribution in [0.4, 0.5) is 0 Å². The van der Waals surface area contributed by atoms with Crippen molar-refractivity contribution in [1.82, 2.24) is 4.98 Å². The molecule has 1 heterocycles. The van der Waals surface area contributed by atoms with Crippen molar-refractivity contribution < 1.29 is 5.11 Å². The number of aliphatic hydroxyl groups excluding tert-OH is 1. The van der Waals surface area contributed by atoms with Crippen LogP contribution in [-0.2, 0) is 0 Å². The molecule has 1 aromatic rings. The van der Waals surface area contributed by atoms with Gasteiger partial charge in [0.25, 0.3) is 0 Å². The van der Waals surface area contributed by atoms with Gasteiger partial charge in [-0.15, -0.1) is 0 Å². The zero-order chi connectivity index (χ0) is 10.8. The summed E-state index contributed by atoms with van der Waals surface area (Å²) in [5.41, 5.74) is 3.14. The maximum Gasteiger partial charge on any atom is 0.0965 e. The summed E-state index contributed by atoms with van der Waals surface area (Å²) in [7, 11) is 0. The highest BCUT2D eigenvalue weighted by Gasteiger charge is 2.23. The van der Waals surface area contributed by atoms with Gasteiger partial charge in [-0.05, 0) is 37.3 Å². The molecule has 82 valence electrons. The van der Waals surface area contributed by atoms with Gasteiger partial charge in [-0.3, -0.25) is 4.98 Å². The molecule has 2 nitrogen and oxygen atoms in total. The number of aliphatic hydroxyl groups is 1. The standard InChI is InChI=1S/C13H19NO/c1-9-6-10(2)13(14-8-9)12(15)7-11-4-3-5-11/h6,8,11-12,15H,3-5,7H2,1-2H3. The summed E-state index contributed by atoms with van der Waals surface area (Å²) in [5, 5.41) is 10.1. The van der Waals surface area contributed by atoms with Crippen LogP contribution in [-0.4, -0.2) is 10.1 Å². The van der Waals surface area contributed by atoms with Gasteiger partial charge in [0, 0.05) is 6.20 Å². The van der Waals surface area contributed by atoms with Crippen molar-refractivity contribution in [3.8, 4) is 0 Å². The van der Waals surface area contributed by atoms with Crippen LogP contribution < -0.4 is 0 Å². The molecular weight excluding hydrogens is 186 g/mol.